The molecule has 1 aliphatic rings. The highest BCUT2D eigenvalue weighted by Crippen LogP contribution is 2.36. The van der Waals surface area contributed by atoms with Crippen molar-refractivity contribution in [3.8, 4) is 0 Å². The fourth-order valence-electron chi connectivity index (χ4n) is 1.86. The van der Waals surface area contributed by atoms with Crippen molar-refractivity contribution in [1.82, 2.24) is 0 Å². The van der Waals surface area contributed by atoms with E-state index in [-0.39, 0.29) is 6.42 Å². The van der Waals surface area contributed by atoms with Crippen molar-refractivity contribution < 1.29 is 27.5 Å². The molecule has 1 saturated heterocycles. The standard InChI is InChI=1S/C12H9F3O3/c13-12(14,15)10(16)8-6-9(18-11(8)17)7-4-2-1-3-5-7/h1-5,8-9H,6H2. The molecule has 1 aliphatic heterocycles. The number of carbonyl (C=O) groups excluding carboxylic acids is 2. The molecule has 2 atom stereocenters. The molecule has 0 aromatic heterocycles. The zero-order valence-corrected chi connectivity index (χ0v) is 9.11. The van der Waals surface area contributed by atoms with E-state index < -0.39 is 30.0 Å². The first kappa shape index (κ1) is 12.6. The van der Waals surface area contributed by atoms with Crippen LogP contribution in [0.2, 0.25) is 0 Å². The van der Waals surface area contributed by atoms with E-state index in [9.17, 15) is 22.8 Å². The molecule has 2 rings (SSSR count). The normalized spacial score (nSPS) is 23.8. The Morgan fingerprint density at radius 1 is 1.22 bits per heavy atom. The summed E-state index contributed by atoms with van der Waals surface area (Å²) in [4.78, 5) is 22.3. The van der Waals surface area contributed by atoms with Gasteiger partial charge in [0.2, 0.25) is 0 Å². The van der Waals surface area contributed by atoms with E-state index >= 15 is 0 Å². The third-order valence-corrected chi connectivity index (χ3v) is 2.76. The molecular formula is C12H9F3O3. The maximum absolute atomic E-state index is 12.2. The number of hydrogen-bond donors (Lipinski definition) is 0. The Hall–Kier alpha value is -1.85. The van der Waals surface area contributed by atoms with Crippen LogP contribution >= 0.6 is 0 Å². The number of benzene rings is 1. The second kappa shape index (κ2) is 4.44. The smallest absolute Gasteiger partial charge is 0.450 e. The second-order valence-electron chi connectivity index (χ2n) is 3.99. The van der Waals surface area contributed by atoms with E-state index in [0.717, 1.165) is 0 Å². The van der Waals surface area contributed by atoms with Gasteiger partial charge in [-0.2, -0.15) is 13.2 Å². The minimum absolute atomic E-state index is 0.263. The third-order valence-electron chi connectivity index (χ3n) is 2.76. The highest BCUT2D eigenvalue weighted by atomic mass is 19.4. The van der Waals surface area contributed by atoms with Crippen molar-refractivity contribution in [2.45, 2.75) is 18.7 Å². The van der Waals surface area contributed by atoms with Gasteiger partial charge in [0.25, 0.3) is 5.78 Å². The summed E-state index contributed by atoms with van der Waals surface area (Å²) in [6.45, 7) is 0. The molecule has 0 amide bonds. The fourth-order valence-corrected chi connectivity index (χ4v) is 1.86. The van der Waals surface area contributed by atoms with Gasteiger partial charge in [0.1, 0.15) is 12.0 Å². The van der Waals surface area contributed by atoms with Crippen LogP contribution in [0.4, 0.5) is 13.2 Å². The molecule has 0 bridgehead atoms. The van der Waals surface area contributed by atoms with Gasteiger partial charge in [-0.25, -0.2) is 0 Å². The lowest BCUT2D eigenvalue weighted by Gasteiger charge is -2.08. The number of alkyl halides is 3. The summed E-state index contributed by atoms with van der Waals surface area (Å²) >= 11 is 0. The summed E-state index contributed by atoms with van der Waals surface area (Å²) in [7, 11) is 0. The van der Waals surface area contributed by atoms with Crippen LogP contribution in [-0.4, -0.2) is 17.9 Å². The fraction of sp³-hybridized carbons (Fsp3) is 0.333. The predicted molar refractivity (Wildman–Crippen MR) is 54.4 cm³/mol. The average molecular weight is 258 g/mol. The Labute approximate surface area is 101 Å². The predicted octanol–water partition coefficient (Wildman–Crippen LogP) is 2.42. The summed E-state index contributed by atoms with van der Waals surface area (Å²) in [5.41, 5.74) is 0.586. The van der Waals surface area contributed by atoms with E-state index in [1.165, 1.54) is 0 Å². The highest BCUT2D eigenvalue weighted by molar-refractivity contribution is 6.02. The summed E-state index contributed by atoms with van der Waals surface area (Å²) in [6, 6.07) is 8.37. The van der Waals surface area contributed by atoms with Gasteiger partial charge in [0.05, 0.1) is 0 Å². The average Bonchev–Trinajstić information content (AvgIpc) is 2.70. The lowest BCUT2D eigenvalue weighted by molar-refractivity contribution is -0.177. The van der Waals surface area contributed by atoms with Crippen LogP contribution < -0.4 is 0 Å². The lowest BCUT2D eigenvalue weighted by atomic mass is 9.96. The largest absolute Gasteiger partial charge is 0.457 e. The number of hydrogen-bond acceptors (Lipinski definition) is 3. The molecule has 6 heteroatoms. The molecule has 1 aromatic carbocycles. The summed E-state index contributed by atoms with van der Waals surface area (Å²) in [6.07, 6.45) is -6.05. The first-order valence-electron chi connectivity index (χ1n) is 5.26. The zero-order valence-electron chi connectivity index (χ0n) is 9.11. The van der Waals surface area contributed by atoms with Crippen LogP contribution in [0.25, 0.3) is 0 Å². The Morgan fingerprint density at radius 2 is 1.83 bits per heavy atom. The van der Waals surface area contributed by atoms with Crippen LogP contribution in [0.5, 0.6) is 0 Å². The number of carbonyl (C=O) groups is 2. The monoisotopic (exact) mass is 258 g/mol. The molecule has 1 heterocycles. The number of rotatable bonds is 2. The molecule has 18 heavy (non-hydrogen) atoms. The van der Waals surface area contributed by atoms with Crippen molar-refractivity contribution in [1.29, 1.82) is 0 Å². The molecule has 0 spiro atoms. The van der Waals surface area contributed by atoms with E-state index in [1.807, 2.05) is 0 Å². The number of ketones is 1. The van der Waals surface area contributed by atoms with Crippen molar-refractivity contribution in [3.63, 3.8) is 0 Å². The van der Waals surface area contributed by atoms with Gasteiger partial charge in [-0.05, 0) is 5.56 Å². The third kappa shape index (κ3) is 2.37. The van der Waals surface area contributed by atoms with E-state index in [2.05, 4.69) is 0 Å². The molecule has 1 aromatic rings. The molecule has 0 radical (unpaired) electrons. The quantitative estimate of drug-likeness (QED) is 0.604. The van der Waals surface area contributed by atoms with Crippen molar-refractivity contribution in [3.05, 3.63) is 35.9 Å². The summed E-state index contributed by atoms with van der Waals surface area (Å²) < 4.78 is 41.6. The second-order valence-corrected chi connectivity index (χ2v) is 3.99. The van der Waals surface area contributed by atoms with Crippen molar-refractivity contribution in [2.75, 3.05) is 0 Å². The molecule has 0 N–H and O–H groups in total. The summed E-state index contributed by atoms with van der Waals surface area (Å²) in [5, 5.41) is 0. The van der Waals surface area contributed by atoms with E-state index in [1.54, 1.807) is 30.3 Å². The van der Waals surface area contributed by atoms with Crippen LogP contribution in [0.15, 0.2) is 30.3 Å². The van der Waals surface area contributed by atoms with Gasteiger partial charge in [-0.15, -0.1) is 0 Å². The highest BCUT2D eigenvalue weighted by Gasteiger charge is 2.51. The molecule has 0 aliphatic carbocycles. The van der Waals surface area contributed by atoms with E-state index in [4.69, 9.17) is 4.74 Å². The SMILES string of the molecule is O=C1OC(c2ccccc2)CC1C(=O)C(F)(F)F. The van der Waals surface area contributed by atoms with Crippen LogP contribution in [0.1, 0.15) is 18.1 Å². The van der Waals surface area contributed by atoms with Gasteiger partial charge in [0.15, 0.2) is 0 Å². The number of Topliss-reactive ketones (excluding diaryl/α,β-unsaturated/α-hetero) is 1. The van der Waals surface area contributed by atoms with E-state index in [0.29, 0.717) is 5.56 Å². The molecule has 2 unspecified atom stereocenters. The van der Waals surface area contributed by atoms with Crippen LogP contribution in [0.3, 0.4) is 0 Å². The van der Waals surface area contributed by atoms with Crippen LogP contribution in [0, 0.1) is 5.92 Å². The maximum Gasteiger partial charge on any atom is 0.450 e. The number of halogens is 3. The topological polar surface area (TPSA) is 43.4 Å². The molecule has 96 valence electrons. The van der Waals surface area contributed by atoms with Gasteiger partial charge in [0, 0.05) is 6.42 Å². The Bertz CT molecular complexity index is 467. The van der Waals surface area contributed by atoms with Gasteiger partial charge >= 0.3 is 12.1 Å². The number of ether oxygens (including phenoxy) is 1. The molecule has 1 fully saturated rings. The molecule has 0 saturated carbocycles. The Morgan fingerprint density at radius 3 is 2.39 bits per heavy atom. The van der Waals surface area contributed by atoms with Gasteiger partial charge in [-0.3, -0.25) is 9.59 Å². The van der Waals surface area contributed by atoms with Gasteiger partial charge < -0.3 is 4.74 Å². The first-order chi connectivity index (χ1) is 8.39. The zero-order chi connectivity index (χ0) is 13.3. The first-order valence-corrected chi connectivity index (χ1v) is 5.26. The minimum atomic E-state index is -5.00. The number of cyclic esters (lactones) is 1. The molecule has 3 nitrogen and oxygen atoms in total. The lowest BCUT2D eigenvalue weighted by Crippen LogP contribution is -2.32. The van der Waals surface area contributed by atoms with Crippen molar-refractivity contribution in [2.24, 2.45) is 5.92 Å². The van der Waals surface area contributed by atoms with Crippen molar-refractivity contribution >= 4 is 11.8 Å². The Kier molecular flexibility index (Phi) is 3.11. The number of esters is 1. The van der Waals surface area contributed by atoms with Gasteiger partial charge in [-0.1, -0.05) is 30.3 Å². The van der Waals surface area contributed by atoms with Crippen LogP contribution in [-0.2, 0) is 14.3 Å². The molecular weight excluding hydrogens is 249 g/mol. The Balaban J connectivity index is 2.15. The summed E-state index contributed by atoms with van der Waals surface area (Å²) in [5.74, 6) is -4.88. The maximum atomic E-state index is 12.2. The minimum Gasteiger partial charge on any atom is -0.457 e.